The molecule has 0 atom stereocenters. The van der Waals surface area contributed by atoms with E-state index in [-0.39, 0.29) is 18.6 Å². The Kier molecular flexibility index (Phi) is 8.31. The van der Waals surface area contributed by atoms with Gasteiger partial charge in [-0.05, 0) is 45.2 Å². The summed E-state index contributed by atoms with van der Waals surface area (Å²) in [6.45, 7) is 6.88. The number of hydrogen-bond donors (Lipinski definition) is 1. The van der Waals surface area contributed by atoms with Gasteiger partial charge in [0.1, 0.15) is 11.5 Å². The molecule has 0 bridgehead atoms. The molecule has 1 aromatic heterocycles. The molecule has 2 aromatic rings. The van der Waals surface area contributed by atoms with Crippen molar-refractivity contribution in [1.29, 1.82) is 0 Å². The van der Waals surface area contributed by atoms with Gasteiger partial charge in [0.15, 0.2) is 5.89 Å². The predicted molar refractivity (Wildman–Crippen MR) is 114 cm³/mol. The van der Waals surface area contributed by atoms with Crippen molar-refractivity contribution in [2.24, 2.45) is 0 Å². The number of carbonyl (C=O) groups excluding carboxylic acids is 1. The first-order valence-corrected chi connectivity index (χ1v) is 11.0. The summed E-state index contributed by atoms with van der Waals surface area (Å²) in [5.41, 5.74) is 1.92. The summed E-state index contributed by atoms with van der Waals surface area (Å²) in [6, 6.07) is 9.00. The molecule has 1 radical (unpaired) electrons. The van der Waals surface area contributed by atoms with Crippen LogP contribution in [0, 0.1) is 13.0 Å². The van der Waals surface area contributed by atoms with Crippen molar-refractivity contribution in [3.8, 4) is 5.75 Å². The second-order valence-corrected chi connectivity index (χ2v) is 8.17. The third kappa shape index (κ3) is 6.87. The molecule has 0 saturated heterocycles. The summed E-state index contributed by atoms with van der Waals surface area (Å²) in [6.07, 6.45) is 6.83. The monoisotopic (exact) mass is 413 g/mol. The average molecular weight is 414 g/mol. The van der Waals surface area contributed by atoms with E-state index in [1.807, 2.05) is 39.0 Å². The number of aromatic nitrogens is 1. The van der Waals surface area contributed by atoms with Gasteiger partial charge in [0.2, 0.25) is 0 Å². The number of carbonyl (C=O) groups is 1. The Balaban J connectivity index is 1.44. The molecule has 1 aliphatic rings. The maximum Gasteiger partial charge on any atom is 0.320 e. The lowest BCUT2D eigenvalue weighted by atomic mass is 9.89. The maximum absolute atomic E-state index is 11.6. The zero-order valence-electron chi connectivity index (χ0n) is 18.3. The lowest BCUT2D eigenvalue weighted by molar-refractivity contribution is -0.146. The van der Waals surface area contributed by atoms with Crippen molar-refractivity contribution in [1.82, 2.24) is 10.3 Å². The Morgan fingerprint density at radius 1 is 1.30 bits per heavy atom. The molecular weight excluding hydrogens is 380 g/mol. The average Bonchev–Trinajstić information content (AvgIpc) is 3.09. The molecule has 1 aromatic carbocycles. The number of benzene rings is 1. The summed E-state index contributed by atoms with van der Waals surface area (Å²) in [4.78, 5) is 16.3. The lowest BCUT2D eigenvalue weighted by Crippen LogP contribution is -2.26. The van der Waals surface area contributed by atoms with E-state index in [1.54, 1.807) is 0 Å². The van der Waals surface area contributed by atoms with Gasteiger partial charge >= 0.3 is 5.97 Å². The van der Waals surface area contributed by atoms with Crippen molar-refractivity contribution in [2.75, 3.05) is 13.2 Å². The minimum atomic E-state index is -0.256. The molecule has 0 aliphatic heterocycles. The highest BCUT2D eigenvalue weighted by Gasteiger charge is 2.21. The molecule has 1 saturated carbocycles. The van der Waals surface area contributed by atoms with Crippen LogP contribution in [0.4, 0.5) is 0 Å². The molecular formula is C24H33N2O4. The van der Waals surface area contributed by atoms with Crippen molar-refractivity contribution < 1.29 is 18.7 Å². The highest BCUT2D eigenvalue weighted by molar-refractivity contribution is 5.71. The van der Waals surface area contributed by atoms with Crippen LogP contribution in [0.5, 0.6) is 5.75 Å². The fraction of sp³-hybridized carbons (Fsp3) is 0.583. The second-order valence-electron chi connectivity index (χ2n) is 8.17. The smallest absolute Gasteiger partial charge is 0.320 e. The van der Waals surface area contributed by atoms with Gasteiger partial charge in [0.25, 0.3) is 0 Å². The van der Waals surface area contributed by atoms with Crippen molar-refractivity contribution in [3.63, 3.8) is 0 Å². The van der Waals surface area contributed by atoms with Gasteiger partial charge in [-0.3, -0.25) is 4.79 Å². The topological polar surface area (TPSA) is 73.6 Å². The zero-order valence-corrected chi connectivity index (χ0v) is 18.3. The minimum Gasteiger partial charge on any atom is -0.493 e. The SMILES string of the molecule is Cc1oc(C2CCCCC2)nc1CCOc1[c]c(CNCC(=O)OC(C)C)ccc1. The summed E-state index contributed by atoms with van der Waals surface area (Å²) < 4.78 is 16.9. The quantitative estimate of drug-likeness (QED) is 0.579. The Hall–Kier alpha value is -2.34. The van der Waals surface area contributed by atoms with E-state index in [1.165, 1.54) is 32.1 Å². The van der Waals surface area contributed by atoms with E-state index in [0.29, 0.717) is 31.2 Å². The van der Waals surface area contributed by atoms with Crippen molar-refractivity contribution >= 4 is 5.97 Å². The molecule has 6 nitrogen and oxygen atoms in total. The van der Waals surface area contributed by atoms with Gasteiger partial charge < -0.3 is 19.2 Å². The van der Waals surface area contributed by atoms with Gasteiger partial charge in [-0.25, -0.2) is 4.98 Å². The number of aryl methyl sites for hydroxylation is 1. The number of oxazole rings is 1. The summed E-state index contributed by atoms with van der Waals surface area (Å²) in [5.74, 6) is 2.70. The number of ether oxygens (including phenoxy) is 2. The van der Waals surface area contributed by atoms with Crippen LogP contribution in [0.1, 0.15) is 74.8 Å². The normalized spacial score (nSPS) is 14.8. The Morgan fingerprint density at radius 2 is 2.10 bits per heavy atom. The van der Waals surface area contributed by atoms with E-state index >= 15 is 0 Å². The molecule has 0 spiro atoms. The van der Waals surface area contributed by atoms with Crippen LogP contribution in [0.2, 0.25) is 0 Å². The third-order valence-corrected chi connectivity index (χ3v) is 5.24. The molecule has 0 unspecified atom stereocenters. The fourth-order valence-corrected chi connectivity index (χ4v) is 3.75. The van der Waals surface area contributed by atoms with Crippen LogP contribution in [-0.4, -0.2) is 30.2 Å². The standard InChI is InChI=1S/C24H33N2O4/c1-17(2)29-23(27)16-25-15-19-8-7-11-21(14-19)28-13-12-22-18(3)30-24(26-22)20-9-5-4-6-10-20/h7-8,11,17,20,25H,4-6,9-10,12-13,15-16H2,1-3H3. The van der Waals surface area contributed by atoms with Gasteiger partial charge in [-0.15, -0.1) is 0 Å². The first-order chi connectivity index (χ1) is 14.5. The van der Waals surface area contributed by atoms with E-state index in [0.717, 1.165) is 22.9 Å². The number of nitrogens with zero attached hydrogens (tertiary/aromatic N) is 1. The van der Waals surface area contributed by atoms with Gasteiger partial charge in [0.05, 0.1) is 24.9 Å². The molecule has 1 heterocycles. The Bertz CT molecular complexity index is 809. The van der Waals surface area contributed by atoms with Crippen LogP contribution in [0.3, 0.4) is 0 Å². The van der Waals surface area contributed by atoms with Crippen LogP contribution in [-0.2, 0) is 22.5 Å². The molecule has 1 fully saturated rings. The van der Waals surface area contributed by atoms with E-state index in [9.17, 15) is 4.79 Å². The number of esters is 1. The number of rotatable bonds is 10. The maximum atomic E-state index is 11.6. The number of nitrogens with one attached hydrogen (secondary N) is 1. The van der Waals surface area contributed by atoms with Gasteiger partial charge in [0, 0.05) is 24.9 Å². The number of hydrogen-bond acceptors (Lipinski definition) is 6. The van der Waals surface area contributed by atoms with Crippen LogP contribution >= 0.6 is 0 Å². The van der Waals surface area contributed by atoms with Crippen LogP contribution < -0.4 is 10.1 Å². The predicted octanol–water partition coefficient (Wildman–Crippen LogP) is 4.49. The molecule has 1 aliphatic carbocycles. The Labute approximate surface area is 179 Å². The molecule has 1 N–H and O–H groups in total. The zero-order chi connectivity index (χ0) is 21.3. The van der Waals surface area contributed by atoms with E-state index in [4.69, 9.17) is 18.9 Å². The van der Waals surface area contributed by atoms with Gasteiger partial charge in [-0.1, -0.05) is 31.4 Å². The van der Waals surface area contributed by atoms with Crippen molar-refractivity contribution in [3.05, 3.63) is 47.2 Å². The molecule has 6 heteroatoms. The van der Waals surface area contributed by atoms with Crippen LogP contribution in [0.25, 0.3) is 0 Å². The summed E-state index contributed by atoms with van der Waals surface area (Å²) in [7, 11) is 0. The summed E-state index contributed by atoms with van der Waals surface area (Å²) in [5, 5.41) is 3.07. The second kappa shape index (κ2) is 11.2. The first-order valence-electron chi connectivity index (χ1n) is 11.0. The highest BCUT2D eigenvalue weighted by Crippen LogP contribution is 2.33. The lowest BCUT2D eigenvalue weighted by Gasteiger charge is -2.17. The largest absolute Gasteiger partial charge is 0.493 e. The fourth-order valence-electron chi connectivity index (χ4n) is 3.75. The molecule has 163 valence electrons. The molecule has 3 rings (SSSR count). The van der Waals surface area contributed by atoms with E-state index in [2.05, 4.69) is 11.4 Å². The van der Waals surface area contributed by atoms with Gasteiger partial charge in [-0.2, -0.15) is 0 Å². The molecule has 30 heavy (non-hydrogen) atoms. The summed E-state index contributed by atoms with van der Waals surface area (Å²) >= 11 is 0. The third-order valence-electron chi connectivity index (χ3n) is 5.24. The minimum absolute atomic E-state index is 0.102. The van der Waals surface area contributed by atoms with Crippen LogP contribution in [0.15, 0.2) is 22.6 Å². The first kappa shape index (κ1) is 22.3. The molecule has 0 amide bonds. The van der Waals surface area contributed by atoms with Crippen molar-refractivity contribution in [2.45, 2.75) is 77.9 Å². The Morgan fingerprint density at radius 3 is 2.87 bits per heavy atom. The van der Waals surface area contributed by atoms with E-state index < -0.39 is 0 Å². The highest BCUT2D eigenvalue weighted by atomic mass is 16.5.